The molecule has 4 aromatic rings. The monoisotopic (exact) mass is 514 g/mol. The van der Waals surface area contributed by atoms with Gasteiger partial charge in [-0.15, -0.1) is 0 Å². The number of H-pyrrole nitrogens is 3. The van der Waals surface area contributed by atoms with E-state index in [9.17, 15) is 19.8 Å². The molecule has 0 amide bonds. The zero-order valence-electron chi connectivity index (χ0n) is 18.3. The first-order valence-electron chi connectivity index (χ1n) is 10.6. The Bertz CT molecular complexity index is 1690. The predicted molar refractivity (Wildman–Crippen MR) is 127 cm³/mol. The van der Waals surface area contributed by atoms with Crippen LogP contribution < -0.4 is 16.0 Å². The van der Waals surface area contributed by atoms with Gasteiger partial charge in [-0.05, 0) is 48.1 Å². The predicted octanol–water partition coefficient (Wildman–Crippen LogP) is 2.02. The second-order valence-corrected chi connectivity index (χ2v) is 8.09. The third-order valence-corrected chi connectivity index (χ3v) is 5.85. The summed E-state index contributed by atoms with van der Waals surface area (Å²) in [5, 5.41) is 26.4. The molecule has 0 atom stereocenters. The van der Waals surface area contributed by atoms with Crippen LogP contribution in [0.25, 0.3) is 35.1 Å². The number of aromatic amines is 3. The number of fused-ring (bicyclic) bond motifs is 8. The van der Waals surface area contributed by atoms with Crippen molar-refractivity contribution >= 4 is 35.6 Å². The van der Waals surface area contributed by atoms with Crippen molar-refractivity contribution in [3.63, 3.8) is 0 Å². The van der Waals surface area contributed by atoms with Gasteiger partial charge in [0, 0.05) is 47.1 Å². The van der Waals surface area contributed by atoms with Gasteiger partial charge in [0.25, 0.3) is 11.6 Å². The van der Waals surface area contributed by atoms with E-state index >= 15 is 0 Å². The summed E-state index contributed by atoms with van der Waals surface area (Å²) in [6, 6.07) is 16.6. The van der Waals surface area contributed by atoms with Gasteiger partial charge in [-0.25, -0.2) is 0 Å². The van der Waals surface area contributed by atoms with Gasteiger partial charge < -0.3 is 30.5 Å². The fraction of sp³-hybridized carbons (Fsp3) is 0. The van der Waals surface area contributed by atoms with Crippen molar-refractivity contribution in [2.24, 2.45) is 0 Å². The maximum Gasteiger partial charge on any atom is 0.255 e. The molecule has 2 aliphatic heterocycles. The molecule has 3 aromatic heterocycles. The molecule has 8 bridgehead atoms. The topological polar surface area (TPSA) is 134 Å². The van der Waals surface area contributed by atoms with Crippen molar-refractivity contribution in [3.8, 4) is 16.9 Å². The van der Waals surface area contributed by atoms with Crippen LogP contribution in [0.5, 0.6) is 5.75 Å². The summed E-state index contributed by atoms with van der Waals surface area (Å²) in [4.78, 5) is 34.8. The maximum absolute atomic E-state index is 12.7. The number of aromatic nitrogens is 3. The first-order valence-corrected chi connectivity index (χ1v) is 10.6. The van der Waals surface area contributed by atoms with Crippen LogP contribution >= 0.6 is 0 Å². The molecule has 9 heteroatoms. The molecule has 5 heterocycles. The fourth-order valence-corrected chi connectivity index (χ4v) is 4.24. The SMILES string of the molecule is O=C1C(=O)C2=C(O)c3[nH]c(c(-c4ccccc4)c3O)C=c3ccc([nH]3)=Cc3ccc([nH]3)C=C1N2.[Zn]. The van der Waals surface area contributed by atoms with Gasteiger partial charge in [-0.3, -0.25) is 9.59 Å². The second kappa shape index (κ2) is 8.45. The molecule has 0 spiro atoms. The quantitative estimate of drug-likeness (QED) is 0.170. The normalized spacial score (nSPS) is 14.6. The standard InChI is InChI=1S/C26H18N4O4.Zn/c31-23-19-12-17-9-7-15(28-17)10-14-6-8-16(27-14)11-18-20(13-4-2-1-3-5-13)24(32)21(29-18)25(33)22(30-19)26(23)34;/h1-12,27-30,32-33H;. The Labute approximate surface area is 211 Å². The molecule has 168 valence electrons. The minimum Gasteiger partial charge on any atom is -0.505 e. The third kappa shape index (κ3) is 3.76. The van der Waals surface area contributed by atoms with Gasteiger partial charge in [-0.2, -0.15) is 0 Å². The van der Waals surface area contributed by atoms with E-state index in [-0.39, 0.29) is 42.3 Å². The summed E-state index contributed by atoms with van der Waals surface area (Å²) in [5.74, 6) is -2.45. The second-order valence-electron chi connectivity index (χ2n) is 8.09. The number of benzene rings is 1. The summed E-state index contributed by atoms with van der Waals surface area (Å²) >= 11 is 0. The number of Topliss-reactive ketones (excluding diaryl/α,β-unsaturated/α-hetero) is 2. The summed E-state index contributed by atoms with van der Waals surface area (Å²) in [6.07, 6.45) is 5.22. The van der Waals surface area contributed by atoms with Crippen LogP contribution in [-0.4, -0.2) is 36.7 Å². The summed E-state index contributed by atoms with van der Waals surface area (Å²) in [5.41, 5.74) is 2.74. The molecule has 1 saturated heterocycles. The summed E-state index contributed by atoms with van der Waals surface area (Å²) in [6.45, 7) is 0. The molecular weight excluding hydrogens is 498 g/mol. The smallest absolute Gasteiger partial charge is 0.255 e. The first kappa shape index (κ1) is 22.4. The van der Waals surface area contributed by atoms with Crippen LogP contribution in [0, 0.1) is 0 Å². The van der Waals surface area contributed by atoms with E-state index in [0.29, 0.717) is 22.5 Å². The Balaban J connectivity index is 0.00000253. The van der Waals surface area contributed by atoms with E-state index in [4.69, 9.17) is 0 Å². The van der Waals surface area contributed by atoms with Gasteiger partial charge in [0.2, 0.25) is 0 Å². The minimum absolute atomic E-state index is 0. The maximum atomic E-state index is 12.7. The number of carbonyl (C=O) groups excluding carboxylic acids is 2. The Morgan fingerprint density at radius 3 is 2.11 bits per heavy atom. The molecule has 1 aromatic carbocycles. The van der Waals surface area contributed by atoms with Crippen molar-refractivity contribution in [1.29, 1.82) is 0 Å². The molecule has 6 N–H and O–H groups in total. The van der Waals surface area contributed by atoms with E-state index in [1.54, 1.807) is 12.1 Å². The van der Waals surface area contributed by atoms with E-state index in [2.05, 4.69) is 20.3 Å². The van der Waals surface area contributed by atoms with Gasteiger partial charge in [0.15, 0.2) is 11.5 Å². The number of allylic oxidation sites excluding steroid dienone is 2. The minimum atomic E-state index is -0.888. The number of hydrogen-bond donors (Lipinski definition) is 6. The van der Waals surface area contributed by atoms with E-state index in [1.165, 1.54) is 6.08 Å². The molecule has 0 aliphatic carbocycles. The Kier molecular flexibility index (Phi) is 5.42. The number of aliphatic hydroxyl groups excluding tert-OH is 1. The Morgan fingerprint density at radius 2 is 1.37 bits per heavy atom. The van der Waals surface area contributed by atoms with E-state index in [0.717, 1.165) is 16.4 Å². The largest absolute Gasteiger partial charge is 0.505 e. The summed E-state index contributed by atoms with van der Waals surface area (Å²) < 4.78 is 0. The van der Waals surface area contributed by atoms with Crippen molar-refractivity contribution in [1.82, 2.24) is 20.3 Å². The molecule has 6 rings (SSSR count). The zero-order chi connectivity index (χ0) is 23.4. The zero-order valence-corrected chi connectivity index (χ0v) is 21.3. The number of carbonyl (C=O) groups is 2. The number of rotatable bonds is 1. The molecule has 1 fully saturated rings. The molecule has 2 aliphatic rings. The molecule has 0 radical (unpaired) electrons. The molecule has 0 saturated carbocycles. The molecular formula is C26H18N4O4Zn. The number of nitrogens with one attached hydrogen (secondary N) is 4. The van der Waals surface area contributed by atoms with Crippen LogP contribution in [0.4, 0.5) is 0 Å². The van der Waals surface area contributed by atoms with Crippen LogP contribution in [0.1, 0.15) is 22.8 Å². The molecule has 0 unspecified atom stereocenters. The van der Waals surface area contributed by atoms with Crippen LogP contribution in [-0.2, 0) is 29.1 Å². The number of hydrogen-bond acceptors (Lipinski definition) is 5. The molecule has 8 nitrogen and oxygen atoms in total. The van der Waals surface area contributed by atoms with E-state index < -0.39 is 17.3 Å². The van der Waals surface area contributed by atoms with Crippen molar-refractivity contribution in [3.05, 3.63) is 99.5 Å². The molecule has 35 heavy (non-hydrogen) atoms. The van der Waals surface area contributed by atoms with Gasteiger partial charge in [0.1, 0.15) is 11.4 Å². The van der Waals surface area contributed by atoms with Crippen LogP contribution in [0.15, 0.2) is 66.0 Å². The van der Waals surface area contributed by atoms with Crippen molar-refractivity contribution in [2.45, 2.75) is 0 Å². The number of aliphatic hydroxyl groups is 1. The van der Waals surface area contributed by atoms with Crippen LogP contribution in [0.3, 0.4) is 0 Å². The first-order chi connectivity index (χ1) is 16.5. The van der Waals surface area contributed by atoms with Crippen molar-refractivity contribution in [2.75, 3.05) is 0 Å². The average Bonchev–Trinajstić information content (AvgIpc) is 3.59. The van der Waals surface area contributed by atoms with Crippen molar-refractivity contribution < 1.29 is 39.3 Å². The average molecular weight is 516 g/mol. The van der Waals surface area contributed by atoms with Crippen LogP contribution in [0.2, 0.25) is 0 Å². The Hall–Kier alpha value is -4.36. The number of ketones is 2. The Morgan fingerprint density at radius 1 is 0.686 bits per heavy atom. The van der Waals surface area contributed by atoms with Gasteiger partial charge in [0.05, 0.1) is 11.4 Å². The van der Waals surface area contributed by atoms with E-state index in [1.807, 2.05) is 54.6 Å². The fourth-order valence-electron chi connectivity index (χ4n) is 4.24. The van der Waals surface area contributed by atoms with Gasteiger partial charge in [-0.1, -0.05) is 30.3 Å². The third-order valence-electron chi connectivity index (χ3n) is 5.85. The number of aromatic hydroxyl groups is 1. The van der Waals surface area contributed by atoms with Gasteiger partial charge >= 0.3 is 0 Å². The summed E-state index contributed by atoms with van der Waals surface area (Å²) in [7, 11) is 0.